The summed E-state index contributed by atoms with van der Waals surface area (Å²) in [5, 5.41) is 0. The molecule has 0 aliphatic rings. The quantitative estimate of drug-likeness (QED) is 0.381. The standard InChI is InChI=1S/C13H26Cl2/c1-12(2,14)10-8-6-5-7-9-11-13(3,4)15/h5-11H2,1-4H3. The van der Waals surface area contributed by atoms with Crippen molar-refractivity contribution in [3.8, 4) is 0 Å². The molecule has 15 heavy (non-hydrogen) atoms. The van der Waals surface area contributed by atoms with Crippen molar-refractivity contribution < 1.29 is 0 Å². The van der Waals surface area contributed by atoms with Crippen molar-refractivity contribution in [1.29, 1.82) is 0 Å². The molecule has 2 heteroatoms. The molecular formula is C13H26Cl2. The summed E-state index contributed by atoms with van der Waals surface area (Å²) < 4.78 is 0. The Bertz CT molecular complexity index is 133. The molecule has 0 aliphatic heterocycles. The average molecular weight is 253 g/mol. The Labute approximate surface area is 106 Å². The highest BCUT2D eigenvalue weighted by Crippen LogP contribution is 2.23. The Balaban J connectivity index is 3.20. The molecule has 0 unspecified atom stereocenters. The molecule has 92 valence electrons. The highest BCUT2D eigenvalue weighted by atomic mass is 35.5. The molecule has 0 radical (unpaired) electrons. The molecule has 0 amide bonds. The second-order valence-electron chi connectivity index (χ2n) is 5.71. The largest absolute Gasteiger partial charge is 0.120 e. The van der Waals surface area contributed by atoms with Crippen LogP contribution in [-0.2, 0) is 0 Å². The zero-order chi connectivity index (χ0) is 11.9. The summed E-state index contributed by atoms with van der Waals surface area (Å²) in [5.74, 6) is 0. The Morgan fingerprint density at radius 1 is 0.600 bits per heavy atom. The second kappa shape index (κ2) is 7.01. The number of hydrogen-bond donors (Lipinski definition) is 0. The van der Waals surface area contributed by atoms with E-state index in [2.05, 4.69) is 27.7 Å². The van der Waals surface area contributed by atoms with Crippen molar-refractivity contribution in [1.82, 2.24) is 0 Å². The number of hydrogen-bond acceptors (Lipinski definition) is 0. The van der Waals surface area contributed by atoms with Crippen LogP contribution in [0.3, 0.4) is 0 Å². The van der Waals surface area contributed by atoms with Crippen LogP contribution in [0.1, 0.15) is 72.6 Å². The molecule has 0 heterocycles. The number of rotatable bonds is 8. The van der Waals surface area contributed by atoms with Crippen LogP contribution in [0.4, 0.5) is 0 Å². The summed E-state index contributed by atoms with van der Waals surface area (Å²) in [5.41, 5.74) is 0. The van der Waals surface area contributed by atoms with Gasteiger partial charge in [-0.2, -0.15) is 0 Å². The van der Waals surface area contributed by atoms with E-state index in [1.165, 1.54) is 32.1 Å². The molecule has 0 nitrogen and oxygen atoms in total. The molecule has 0 spiro atoms. The van der Waals surface area contributed by atoms with Gasteiger partial charge in [-0.25, -0.2) is 0 Å². The summed E-state index contributed by atoms with van der Waals surface area (Å²) in [4.78, 5) is -0.0315. The third-order valence-electron chi connectivity index (χ3n) is 2.54. The van der Waals surface area contributed by atoms with E-state index in [1.807, 2.05) is 0 Å². The van der Waals surface area contributed by atoms with Crippen LogP contribution in [0.2, 0.25) is 0 Å². The summed E-state index contributed by atoms with van der Waals surface area (Å²) in [6.45, 7) is 8.35. The van der Waals surface area contributed by atoms with E-state index in [0.717, 1.165) is 12.8 Å². The molecule has 0 N–H and O–H groups in total. The van der Waals surface area contributed by atoms with Gasteiger partial charge >= 0.3 is 0 Å². The Morgan fingerprint density at radius 3 is 1.13 bits per heavy atom. The van der Waals surface area contributed by atoms with E-state index >= 15 is 0 Å². The Morgan fingerprint density at radius 2 is 0.867 bits per heavy atom. The monoisotopic (exact) mass is 252 g/mol. The van der Waals surface area contributed by atoms with Crippen LogP contribution in [0, 0.1) is 0 Å². The summed E-state index contributed by atoms with van der Waals surface area (Å²) in [7, 11) is 0. The van der Waals surface area contributed by atoms with Crippen molar-refractivity contribution in [3.05, 3.63) is 0 Å². The lowest BCUT2D eigenvalue weighted by Gasteiger charge is -2.16. The first-order valence-electron chi connectivity index (χ1n) is 6.09. The lowest BCUT2D eigenvalue weighted by atomic mass is 10.0. The average Bonchev–Trinajstić information content (AvgIpc) is 1.98. The van der Waals surface area contributed by atoms with Crippen molar-refractivity contribution in [3.63, 3.8) is 0 Å². The SMILES string of the molecule is CC(C)(Cl)CCCCCCCC(C)(C)Cl. The topological polar surface area (TPSA) is 0 Å². The van der Waals surface area contributed by atoms with Gasteiger partial charge in [-0.1, -0.05) is 32.1 Å². The maximum Gasteiger partial charge on any atom is 0.0390 e. The van der Waals surface area contributed by atoms with Gasteiger partial charge in [-0.05, 0) is 40.5 Å². The first kappa shape index (κ1) is 15.6. The minimum atomic E-state index is -0.0157. The number of halogens is 2. The van der Waals surface area contributed by atoms with Crippen molar-refractivity contribution in [2.24, 2.45) is 0 Å². The lowest BCUT2D eigenvalue weighted by molar-refractivity contribution is 0.512. The molecule has 0 fully saturated rings. The van der Waals surface area contributed by atoms with Crippen molar-refractivity contribution >= 4 is 23.2 Å². The summed E-state index contributed by atoms with van der Waals surface area (Å²) in [6, 6.07) is 0. The molecule has 0 rings (SSSR count). The number of unbranched alkanes of at least 4 members (excludes halogenated alkanes) is 4. The van der Waals surface area contributed by atoms with Gasteiger partial charge in [0.2, 0.25) is 0 Å². The van der Waals surface area contributed by atoms with Gasteiger partial charge in [0.1, 0.15) is 0 Å². The third kappa shape index (κ3) is 14.6. The predicted molar refractivity (Wildman–Crippen MR) is 72.2 cm³/mol. The molecule has 0 saturated heterocycles. The minimum absolute atomic E-state index is 0.0157. The van der Waals surface area contributed by atoms with E-state index < -0.39 is 0 Å². The van der Waals surface area contributed by atoms with Gasteiger partial charge in [-0.15, -0.1) is 23.2 Å². The van der Waals surface area contributed by atoms with Gasteiger partial charge in [0.25, 0.3) is 0 Å². The zero-order valence-corrected chi connectivity index (χ0v) is 12.2. The third-order valence-corrected chi connectivity index (χ3v) is 2.92. The molecular weight excluding hydrogens is 227 g/mol. The highest BCUT2D eigenvalue weighted by Gasteiger charge is 2.13. The van der Waals surface area contributed by atoms with E-state index in [9.17, 15) is 0 Å². The number of alkyl halides is 2. The van der Waals surface area contributed by atoms with Crippen molar-refractivity contribution in [2.45, 2.75) is 82.4 Å². The van der Waals surface area contributed by atoms with Crippen LogP contribution in [0.15, 0.2) is 0 Å². The summed E-state index contributed by atoms with van der Waals surface area (Å²) in [6.07, 6.45) is 8.67. The molecule has 0 saturated carbocycles. The van der Waals surface area contributed by atoms with Gasteiger partial charge in [-0.3, -0.25) is 0 Å². The fraction of sp³-hybridized carbons (Fsp3) is 1.00. The molecule has 0 aromatic heterocycles. The van der Waals surface area contributed by atoms with E-state index in [0.29, 0.717) is 0 Å². The molecule has 0 aromatic rings. The fourth-order valence-electron chi connectivity index (χ4n) is 1.62. The first-order valence-corrected chi connectivity index (χ1v) is 6.84. The molecule has 0 aliphatic carbocycles. The highest BCUT2D eigenvalue weighted by molar-refractivity contribution is 6.23. The molecule has 0 bridgehead atoms. The van der Waals surface area contributed by atoms with E-state index in [4.69, 9.17) is 23.2 Å². The van der Waals surface area contributed by atoms with E-state index in [1.54, 1.807) is 0 Å². The molecule has 0 atom stereocenters. The maximum absolute atomic E-state index is 6.12. The zero-order valence-electron chi connectivity index (χ0n) is 10.7. The lowest BCUT2D eigenvalue weighted by Crippen LogP contribution is -2.09. The van der Waals surface area contributed by atoms with E-state index in [-0.39, 0.29) is 9.75 Å². The van der Waals surface area contributed by atoms with Gasteiger partial charge in [0, 0.05) is 9.75 Å². The van der Waals surface area contributed by atoms with Crippen LogP contribution in [-0.4, -0.2) is 9.75 Å². The summed E-state index contributed by atoms with van der Waals surface area (Å²) >= 11 is 12.2. The second-order valence-corrected chi connectivity index (χ2v) is 7.75. The van der Waals surface area contributed by atoms with Gasteiger partial charge < -0.3 is 0 Å². The van der Waals surface area contributed by atoms with Gasteiger partial charge in [0.05, 0.1) is 0 Å². The maximum atomic E-state index is 6.12. The smallest absolute Gasteiger partial charge is 0.0390 e. The normalized spacial score (nSPS) is 13.2. The molecule has 0 aromatic carbocycles. The Hall–Kier alpha value is 0.580. The fourth-order valence-corrected chi connectivity index (χ4v) is 1.89. The minimum Gasteiger partial charge on any atom is -0.120 e. The van der Waals surface area contributed by atoms with Crippen LogP contribution >= 0.6 is 23.2 Å². The van der Waals surface area contributed by atoms with Gasteiger partial charge in [0.15, 0.2) is 0 Å². The van der Waals surface area contributed by atoms with Crippen molar-refractivity contribution in [2.75, 3.05) is 0 Å². The van der Waals surface area contributed by atoms with Crippen LogP contribution in [0.25, 0.3) is 0 Å². The first-order chi connectivity index (χ1) is 6.71. The Kier molecular flexibility index (Phi) is 7.28. The van der Waals surface area contributed by atoms with Crippen LogP contribution in [0.5, 0.6) is 0 Å². The van der Waals surface area contributed by atoms with Crippen LogP contribution < -0.4 is 0 Å². The predicted octanol–water partition coefficient (Wildman–Crippen LogP) is 5.75.